The Hall–Kier alpha value is -1.38. The van der Waals surface area contributed by atoms with Crippen LogP contribution in [0.15, 0.2) is 23.4 Å². The number of hydrogen-bond acceptors (Lipinski definition) is 4. The largest absolute Gasteiger partial charge is 0.480 e. The predicted octanol–water partition coefficient (Wildman–Crippen LogP) is -0.111. The summed E-state index contributed by atoms with van der Waals surface area (Å²) in [7, 11) is -1.76. The molecule has 2 rings (SSSR count). The molecule has 0 aliphatic carbocycles. The standard InChI is InChI=1S/C11H16N2O5S/c1-11(18-6-10(14)15)7-13(8-11)19(16,17)9-3-4-12(2)5-9/h3-5H,6-8H2,1-2H3,(H,14,15). The molecule has 1 aliphatic rings. The Morgan fingerprint density at radius 1 is 1.53 bits per heavy atom. The smallest absolute Gasteiger partial charge is 0.329 e. The van der Waals surface area contributed by atoms with Crippen molar-refractivity contribution < 1.29 is 23.1 Å². The summed E-state index contributed by atoms with van der Waals surface area (Å²) in [6, 6.07) is 1.53. The Bertz CT molecular complexity index is 586. The highest BCUT2D eigenvalue weighted by Gasteiger charge is 2.46. The third-order valence-corrected chi connectivity index (χ3v) is 4.78. The summed E-state index contributed by atoms with van der Waals surface area (Å²) in [5, 5.41) is 8.54. The van der Waals surface area contributed by atoms with E-state index in [-0.39, 0.29) is 18.0 Å². The summed E-state index contributed by atoms with van der Waals surface area (Å²) in [6.07, 6.45) is 3.19. The van der Waals surface area contributed by atoms with E-state index in [0.717, 1.165) is 0 Å². The van der Waals surface area contributed by atoms with E-state index in [0.29, 0.717) is 0 Å². The molecule has 19 heavy (non-hydrogen) atoms. The number of hydrogen-bond donors (Lipinski definition) is 1. The van der Waals surface area contributed by atoms with Gasteiger partial charge in [0, 0.05) is 32.5 Å². The van der Waals surface area contributed by atoms with Crippen molar-refractivity contribution in [1.82, 2.24) is 8.87 Å². The monoisotopic (exact) mass is 288 g/mol. The lowest BCUT2D eigenvalue weighted by atomic mass is 10.0. The minimum absolute atomic E-state index is 0.164. The molecule has 1 N–H and O–H groups in total. The average molecular weight is 288 g/mol. The summed E-state index contributed by atoms with van der Waals surface area (Å²) in [6.45, 7) is 1.61. The van der Waals surface area contributed by atoms with Gasteiger partial charge in [-0.15, -0.1) is 0 Å². The summed E-state index contributed by atoms with van der Waals surface area (Å²) in [5.41, 5.74) is -0.722. The van der Waals surface area contributed by atoms with Gasteiger partial charge in [-0.3, -0.25) is 0 Å². The van der Waals surface area contributed by atoms with Crippen LogP contribution in [0.1, 0.15) is 6.92 Å². The molecule has 0 spiro atoms. The lowest BCUT2D eigenvalue weighted by Gasteiger charge is -2.45. The second kappa shape index (κ2) is 4.62. The zero-order valence-corrected chi connectivity index (χ0v) is 11.6. The number of nitrogens with zero attached hydrogens (tertiary/aromatic N) is 2. The Kier molecular flexibility index (Phi) is 3.41. The van der Waals surface area contributed by atoms with Gasteiger partial charge in [0.05, 0.1) is 10.5 Å². The number of carboxylic acids is 1. The third kappa shape index (κ3) is 2.80. The molecular weight excluding hydrogens is 272 g/mol. The number of ether oxygens (including phenoxy) is 1. The van der Waals surface area contributed by atoms with Crippen LogP contribution >= 0.6 is 0 Å². The highest BCUT2D eigenvalue weighted by atomic mass is 32.2. The first kappa shape index (κ1) is 14.0. The first-order chi connectivity index (χ1) is 8.73. The quantitative estimate of drug-likeness (QED) is 0.816. The number of aromatic nitrogens is 1. The maximum atomic E-state index is 12.2. The van der Waals surface area contributed by atoms with Crippen LogP contribution in [0.2, 0.25) is 0 Å². The maximum Gasteiger partial charge on any atom is 0.329 e. The van der Waals surface area contributed by atoms with Crippen molar-refractivity contribution in [2.45, 2.75) is 17.4 Å². The molecule has 1 fully saturated rings. The number of carboxylic acid groups (broad SMARTS) is 1. The van der Waals surface area contributed by atoms with E-state index in [1.807, 2.05) is 0 Å². The van der Waals surface area contributed by atoms with Crippen LogP contribution in [0.25, 0.3) is 0 Å². The highest BCUT2D eigenvalue weighted by molar-refractivity contribution is 7.89. The van der Waals surface area contributed by atoms with Gasteiger partial charge in [-0.2, -0.15) is 4.31 Å². The molecule has 0 atom stereocenters. The molecule has 1 aromatic rings. The number of carbonyl (C=O) groups is 1. The molecule has 8 heteroatoms. The summed E-state index contributed by atoms with van der Waals surface area (Å²) in [5.74, 6) is -1.06. The van der Waals surface area contributed by atoms with Crippen molar-refractivity contribution in [1.29, 1.82) is 0 Å². The Morgan fingerprint density at radius 3 is 2.63 bits per heavy atom. The second-order valence-corrected chi connectivity index (χ2v) is 6.86. The molecular formula is C11H16N2O5S. The molecule has 7 nitrogen and oxygen atoms in total. The van der Waals surface area contributed by atoms with Gasteiger partial charge in [0.2, 0.25) is 10.0 Å². The number of sulfonamides is 1. The molecule has 2 heterocycles. The molecule has 1 aromatic heterocycles. The van der Waals surface area contributed by atoms with Gasteiger partial charge >= 0.3 is 5.97 Å². The summed E-state index contributed by atoms with van der Waals surface area (Å²) in [4.78, 5) is 10.7. The molecule has 0 unspecified atom stereocenters. The van der Waals surface area contributed by atoms with E-state index in [2.05, 4.69) is 0 Å². The van der Waals surface area contributed by atoms with Gasteiger partial charge in [0.15, 0.2) is 0 Å². The fourth-order valence-corrected chi connectivity index (χ4v) is 3.69. The van der Waals surface area contributed by atoms with E-state index in [1.165, 1.54) is 16.6 Å². The molecule has 106 valence electrons. The van der Waals surface area contributed by atoms with Crippen molar-refractivity contribution in [2.24, 2.45) is 7.05 Å². The second-order valence-electron chi connectivity index (χ2n) is 4.92. The molecule has 0 saturated carbocycles. The maximum absolute atomic E-state index is 12.2. The number of aliphatic carboxylic acids is 1. The van der Waals surface area contributed by atoms with Gasteiger partial charge in [0.25, 0.3) is 0 Å². The van der Waals surface area contributed by atoms with Gasteiger partial charge in [-0.05, 0) is 13.0 Å². The Balaban J connectivity index is 2.01. The zero-order chi connectivity index (χ0) is 14.3. The molecule has 1 saturated heterocycles. The predicted molar refractivity (Wildman–Crippen MR) is 66.2 cm³/mol. The van der Waals surface area contributed by atoms with Crippen LogP contribution in [-0.4, -0.2) is 53.7 Å². The molecule has 0 radical (unpaired) electrons. The highest BCUT2D eigenvalue weighted by Crippen LogP contribution is 2.30. The molecule has 0 aromatic carbocycles. The van der Waals surface area contributed by atoms with Crippen molar-refractivity contribution >= 4 is 16.0 Å². The van der Waals surface area contributed by atoms with Gasteiger partial charge in [-0.25, -0.2) is 13.2 Å². The third-order valence-electron chi connectivity index (χ3n) is 3.01. The van der Waals surface area contributed by atoms with Crippen molar-refractivity contribution in [2.75, 3.05) is 19.7 Å². The Morgan fingerprint density at radius 2 is 2.16 bits per heavy atom. The van der Waals surface area contributed by atoms with E-state index >= 15 is 0 Å². The van der Waals surface area contributed by atoms with E-state index in [9.17, 15) is 13.2 Å². The molecule has 0 bridgehead atoms. The lowest BCUT2D eigenvalue weighted by Crippen LogP contribution is -2.63. The van der Waals surface area contributed by atoms with E-state index in [1.54, 1.807) is 24.7 Å². The summed E-state index contributed by atoms with van der Waals surface area (Å²) >= 11 is 0. The zero-order valence-electron chi connectivity index (χ0n) is 10.7. The normalized spacial score (nSPS) is 19.1. The molecule has 0 amide bonds. The number of rotatable bonds is 5. The lowest BCUT2D eigenvalue weighted by molar-refractivity contribution is -0.157. The van der Waals surface area contributed by atoms with Gasteiger partial charge < -0.3 is 14.4 Å². The first-order valence-corrected chi connectivity index (χ1v) is 7.15. The number of aryl methyl sites for hydroxylation is 1. The topological polar surface area (TPSA) is 88.8 Å². The average Bonchev–Trinajstić information content (AvgIpc) is 2.70. The van der Waals surface area contributed by atoms with Crippen LogP contribution < -0.4 is 0 Å². The van der Waals surface area contributed by atoms with E-state index in [4.69, 9.17) is 9.84 Å². The van der Waals surface area contributed by atoms with Gasteiger partial charge in [0.1, 0.15) is 6.61 Å². The van der Waals surface area contributed by atoms with Crippen molar-refractivity contribution in [3.63, 3.8) is 0 Å². The van der Waals surface area contributed by atoms with Crippen molar-refractivity contribution in [3.05, 3.63) is 18.5 Å². The van der Waals surface area contributed by atoms with Crippen LogP contribution in [0, 0.1) is 0 Å². The van der Waals surface area contributed by atoms with Crippen LogP contribution in [0.3, 0.4) is 0 Å². The first-order valence-electron chi connectivity index (χ1n) is 5.71. The SMILES string of the molecule is Cn1ccc(S(=O)(=O)N2CC(C)(OCC(=O)O)C2)c1. The van der Waals surface area contributed by atoms with Crippen LogP contribution in [0.5, 0.6) is 0 Å². The Labute approximate surface area is 111 Å². The molecule has 1 aliphatic heterocycles. The fraction of sp³-hybridized carbons (Fsp3) is 0.545. The van der Waals surface area contributed by atoms with Crippen LogP contribution in [0.4, 0.5) is 0 Å². The van der Waals surface area contributed by atoms with Crippen molar-refractivity contribution in [3.8, 4) is 0 Å². The van der Waals surface area contributed by atoms with Crippen LogP contribution in [-0.2, 0) is 26.6 Å². The minimum atomic E-state index is -3.51. The minimum Gasteiger partial charge on any atom is -0.480 e. The fourth-order valence-electron chi connectivity index (χ4n) is 1.98. The van der Waals surface area contributed by atoms with E-state index < -0.39 is 28.2 Å². The van der Waals surface area contributed by atoms with Gasteiger partial charge in [-0.1, -0.05) is 0 Å². The summed E-state index contributed by atoms with van der Waals surface area (Å²) < 4.78 is 32.5.